The van der Waals surface area contributed by atoms with Gasteiger partial charge in [0.2, 0.25) is 6.41 Å². The second-order valence-electron chi connectivity index (χ2n) is 7.68. The number of pyridine rings is 1. The average molecular weight is 579 g/mol. The molecule has 172 valence electrons. The van der Waals surface area contributed by atoms with E-state index in [1.807, 2.05) is 22.3 Å². The summed E-state index contributed by atoms with van der Waals surface area (Å²) in [6, 6.07) is 8.59. The van der Waals surface area contributed by atoms with Crippen LogP contribution < -0.4 is 5.73 Å². The molecule has 2 aromatic heterocycles. The summed E-state index contributed by atoms with van der Waals surface area (Å²) < 4.78 is 21.2. The lowest BCUT2D eigenvalue weighted by Gasteiger charge is -2.26. The molecule has 4 rings (SSSR count). The molecule has 0 spiro atoms. The highest BCUT2D eigenvalue weighted by Gasteiger charge is 2.18. The van der Waals surface area contributed by atoms with Gasteiger partial charge < -0.3 is 15.4 Å². The van der Waals surface area contributed by atoms with Crippen molar-refractivity contribution >= 4 is 59.6 Å². The fourth-order valence-corrected chi connectivity index (χ4v) is 5.13. The van der Waals surface area contributed by atoms with Crippen molar-refractivity contribution in [1.82, 2.24) is 13.9 Å². The summed E-state index contributed by atoms with van der Waals surface area (Å²) in [6.45, 7) is 1.38. The molecule has 1 aliphatic heterocycles. The Labute approximate surface area is 207 Å². The third-order valence-corrected chi connectivity index (χ3v) is 7.38. The van der Waals surface area contributed by atoms with Crippen LogP contribution in [0.1, 0.15) is 18.4 Å². The van der Waals surface area contributed by atoms with Gasteiger partial charge in [-0.2, -0.15) is 0 Å². The van der Waals surface area contributed by atoms with E-state index in [2.05, 4.69) is 26.2 Å². The highest BCUT2D eigenvalue weighted by molar-refractivity contribution is 14.2. The first-order valence-electron chi connectivity index (χ1n) is 10.4. The number of aliphatic imine (C=N–C) groups is 1. The van der Waals surface area contributed by atoms with E-state index in [1.165, 1.54) is 28.4 Å². The monoisotopic (exact) mass is 579 g/mol. The van der Waals surface area contributed by atoms with Crippen molar-refractivity contribution in [2.45, 2.75) is 18.9 Å². The van der Waals surface area contributed by atoms with E-state index in [9.17, 15) is 9.18 Å². The average Bonchev–Trinajstić information content (AvgIpc) is 3.22. The van der Waals surface area contributed by atoms with Crippen molar-refractivity contribution in [3.8, 4) is 11.1 Å². The van der Waals surface area contributed by atoms with Gasteiger partial charge in [0.1, 0.15) is 5.82 Å². The van der Waals surface area contributed by atoms with E-state index in [-0.39, 0.29) is 17.7 Å². The van der Waals surface area contributed by atoms with Crippen LogP contribution in [0.3, 0.4) is 0 Å². The number of hydrogen-bond donors (Lipinski definition) is 1. The molecule has 10 heteroatoms. The number of likely N-dealkylation sites (tertiary alicyclic amines) is 1. The molecule has 33 heavy (non-hydrogen) atoms. The van der Waals surface area contributed by atoms with Crippen LogP contribution in [-0.4, -0.2) is 52.7 Å². The van der Waals surface area contributed by atoms with E-state index in [0.29, 0.717) is 18.7 Å². The Morgan fingerprint density at radius 1 is 1.36 bits per heavy atom. The number of amides is 1. The van der Waals surface area contributed by atoms with E-state index >= 15 is 0 Å². The molecule has 0 bridgehead atoms. The van der Waals surface area contributed by atoms with Crippen LogP contribution in [0.4, 0.5) is 4.39 Å². The van der Waals surface area contributed by atoms with Crippen LogP contribution in [0.15, 0.2) is 53.6 Å². The van der Waals surface area contributed by atoms with Crippen molar-refractivity contribution in [3.63, 3.8) is 0 Å². The third kappa shape index (κ3) is 5.16. The summed E-state index contributed by atoms with van der Waals surface area (Å²) in [7, 11) is 3.00. The number of hydrogen-bond acceptors (Lipinski definition) is 6. The topological polar surface area (TPSA) is 85.7 Å². The van der Waals surface area contributed by atoms with Crippen molar-refractivity contribution < 1.29 is 13.9 Å². The Balaban J connectivity index is 1.74. The number of carbonyl (C=O) groups is 1. The van der Waals surface area contributed by atoms with Gasteiger partial charge in [0, 0.05) is 78.5 Å². The smallest absolute Gasteiger partial charge is 0.209 e. The van der Waals surface area contributed by atoms with Crippen LogP contribution >= 0.6 is 30.3 Å². The first-order valence-corrected chi connectivity index (χ1v) is 13.7. The van der Waals surface area contributed by atoms with Gasteiger partial charge in [-0.15, -0.1) is 0 Å². The Bertz CT molecular complexity index is 1220. The number of halogens is 2. The molecule has 0 atom stereocenters. The largest absolute Gasteiger partial charge is 0.482 e. The van der Waals surface area contributed by atoms with Gasteiger partial charge in [-0.05, 0) is 36.6 Å². The predicted molar refractivity (Wildman–Crippen MR) is 139 cm³/mol. The Morgan fingerprint density at radius 2 is 2.15 bits per heavy atom. The Hall–Kier alpha value is -2.60. The zero-order valence-electron chi connectivity index (χ0n) is 17.9. The van der Waals surface area contributed by atoms with Crippen molar-refractivity contribution in [2.75, 3.05) is 20.2 Å². The molecule has 1 aliphatic rings. The number of piperidine rings is 1. The third-order valence-electron chi connectivity index (χ3n) is 5.68. The van der Waals surface area contributed by atoms with Crippen molar-refractivity contribution in [3.05, 3.63) is 60.0 Å². The van der Waals surface area contributed by atoms with Crippen LogP contribution in [0.5, 0.6) is 0 Å². The molecular weight excluding hydrogens is 556 g/mol. The minimum absolute atomic E-state index is 0.108. The lowest BCUT2D eigenvalue weighted by atomic mass is 10.0. The minimum atomic E-state index is -0.295. The second-order valence-corrected chi connectivity index (χ2v) is 9.39. The second kappa shape index (κ2) is 10.6. The Morgan fingerprint density at radius 3 is 2.82 bits per heavy atom. The fraction of sp³-hybridized carbons (Fsp3) is 0.261. The summed E-state index contributed by atoms with van der Waals surface area (Å²) in [4.78, 5) is 22.1. The first kappa shape index (κ1) is 23.6. The molecule has 1 amide bonds. The molecule has 1 saturated heterocycles. The minimum Gasteiger partial charge on any atom is -0.482 e. The van der Waals surface area contributed by atoms with Gasteiger partial charge >= 0.3 is 0 Å². The van der Waals surface area contributed by atoms with Crippen molar-refractivity contribution in [1.29, 1.82) is 0 Å². The van der Waals surface area contributed by atoms with Gasteiger partial charge in [-0.25, -0.2) is 9.37 Å². The van der Waals surface area contributed by atoms with E-state index < -0.39 is 0 Å². The van der Waals surface area contributed by atoms with Gasteiger partial charge in [-0.1, -0.05) is 12.1 Å². The van der Waals surface area contributed by atoms with E-state index in [0.717, 1.165) is 47.0 Å². The number of aromatic nitrogens is 2. The normalized spacial score (nSPS) is 15.8. The van der Waals surface area contributed by atoms with Gasteiger partial charge in [-0.3, -0.25) is 13.8 Å². The molecule has 0 radical (unpaired) electrons. The maximum atomic E-state index is 13.9. The summed E-state index contributed by atoms with van der Waals surface area (Å²) in [6.07, 6.45) is 7.90. The maximum absolute atomic E-state index is 13.9. The summed E-state index contributed by atoms with van der Waals surface area (Å²) in [5.41, 5.74) is 9.97. The number of ether oxygens (including phenoxy) is 1. The summed E-state index contributed by atoms with van der Waals surface area (Å²) >= 11 is 2.19. The lowest BCUT2D eigenvalue weighted by Crippen LogP contribution is -2.34. The molecule has 0 aliphatic carbocycles. The number of carbonyl (C=O) groups excluding carboxylic acids is 1. The highest BCUT2D eigenvalue weighted by atomic mass is 127. The molecule has 1 fully saturated rings. The Kier molecular flexibility index (Phi) is 7.53. The number of nitrogens with two attached hydrogens (primary N) is 1. The standard InChI is InChI=1S/C23H23FIN5O2S/c1-32-22(26)20(12-27-18-5-7-29(14-31)8-6-18)16-10-19-21(15-3-2-4-17(24)9-15)13-30(33-25)23(19)28-11-16/h2-4,9-14,18H,5-8,26H2,1H3/b22-20-,27-12?. The zero-order chi connectivity index (χ0) is 23.4. The number of fused-ring (bicyclic) bond motifs is 1. The van der Waals surface area contributed by atoms with Crippen LogP contribution in [-0.2, 0) is 9.53 Å². The molecule has 1 aromatic carbocycles. The maximum Gasteiger partial charge on any atom is 0.209 e. The van der Waals surface area contributed by atoms with Crippen molar-refractivity contribution in [2.24, 2.45) is 10.7 Å². The highest BCUT2D eigenvalue weighted by Crippen LogP contribution is 2.35. The van der Waals surface area contributed by atoms with Crippen LogP contribution in [0, 0.1) is 5.82 Å². The quantitative estimate of drug-likeness (QED) is 0.191. The molecular formula is C23H23FIN5O2S. The molecule has 0 saturated carbocycles. The molecule has 7 nitrogen and oxygen atoms in total. The zero-order valence-corrected chi connectivity index (χ0v) is 20.9. The van der Waals surface area contributed by atoms with Crippen LogP contribution in [0.25, 0.3) is 27.7 Å². The van der Waals surface area contributed by atoms with E-state index in [4.69, 9.17) is 15.5 Å². The predicted octanol–water partition coefficient (Wildman–Crippen LogP) is 4.65. The van der Waals surface area contributed by atoms with Gasteiger partial charge in [0.05, 0.1) is 18.7 Å². The molecule has 3 heterocycles. The van der Waals surface area contributed by atoms with Gasteiger partial charge in [0.15, 0.2) is 11.5 Å². The van der Waals surface area contributed by atoms with Gasteiger partial charge in [0.25, 0.3) is 0 Å². The van der Waals surface area contributed by atoms with Crippen LogP contribution in [0.2, 0.25) is 0 Å². The summed E-state index contributed by atoms with van der Waals surface area (Å²) in [5.74, 6) is -0.0585. The fourth-order valence-electron chi connectivity index (χ4n) is 3.88. The molecule has 3 aromatic rings. The summed E-state index contributed by atoms with van der Waals surface area (Å²) in [5, 5.41) is 0.872. The number of methoxy groups -OCH3 is 1. The number of rotatable bonds is 7. The molecule has 2 N–H and O–H groups in total. The first-order chi connectivity index (χ1) is 16.0. The number of allylic oxidation sites excluding steroid dienone is 1. The number of benzene rings is 1. The molecule has 0 unspecified atom stereocenters. The number of nitrogens with zero attached hydrogens (tertiary/aromatic N) is 4. The lowest BCUT2D eigenvalue weighted by molar-refractivity contribution is -0.119. The van der Waals surface area contributed by atoms with E-state index in [1.54, 1.807) is 23.4 Å². The SMILES string of the molecule is CO/C(N)=C(/C=NC1CCN(C=O)CC1)c1cnc2c(c1)c(-c1cccc(F)c1)cn2SI.